The molecule has 4 rings (SSSR count). The van der Waals surface area contributed by atoms with Crippen molar-refractivity contribution in [2.45, 2.75) is 42.7 Å². The Morgan fingerprint density at radius 2 is 1.76 bits per heavy atom. The van der Waals surface area contributed by atoms with Crippen LogP contribution in [0.15, 0.2) is 53.4 Å². The highest BCUT2D eigenvalue weighted by Gasteiger charge is 2.39. The topological polar surface area (TPSA) is 122 Å². The number of aliphatic carboxylic acids is 1. The number of carboxylic acids is 1. The van der Waals surface area contributed by atoms with Gasteiger partial charge >= 0.3 is 12.1 Å². The molecule has 1 aliphatic carbocycles. The van der Waals surface area contributed by atoms with Gasteiger partial charge in [0.05, 0.1) is 18.6 Å². The summed E-state index contributed by atoms with van der Waals surface area (Å²) in [6.07, 6.45) is 2.04. The number of nitrogens with zero attached hydrogens (tertiary/aromatic N) is 1. The number of hydrogen-bond acceptors (Lipinski definition) is 6. The lowest BCUT2D eigenvalue weighted by molar-refractivity contribution is -0.140. The standard InChI is InChI=1S/C24H28N2O7S/c1-32-20-9-5-16(6-10-20)17-7-11-21(12-8-17)34(30,31)25-22(23(27)28)18-3-2-4-19(15-18)26-13-14-33-24(26)29/h5-12,18-19,22,25H,2-4,13-15H2,1H3,(H,27,28)/t18?,19?,22-/m1/s1. The van der Waals surface area contributed by atoms with Crippen LogP contribution in [-0.2, 0) is 19.6 Å². The SMILES string of the molecule is COc1ccc(-c2ccc(S(=O)(=O)N[C@@H](C(=O)O)C3CCCC(N4CCOC4=O)C3)cc2)cc1. The number of cyclic esters (lactones) is 1. The Balaban J connectivity index is 1.48. The van der Waals surface area contributed by atoms with Crippen molar-refractivity contribution in [1.82, 2.24) is 9.62 Å². The first-order valence-corrected chi connectivity index (χ1v) is 12.7. The fourth-order valence-electron chi connectivity index (χ4n) is 4.72. The molecule has 3 atom stereocenters. The van der Waals surface area contributed by atoms with E-state index in [1.807, 2.05) is 24.3 Å². The van der Waals surface area contributed by atoms with E-state index in [1.54, 1.807) is 24.1 Å². The minimum atomic E-state index is -4.07. The summed E-state index contributed by atoms with van der Waals surface area (Å²) in [6.45, 7) is 0.793. The van der Waals surface area contributed by atoms with Gasteiger partial charge in [-0.05, 0) is 60.6 Å². The van der Waals surface area contributed by atoms with Crippen molar-refractivity contribution in [3.8, 4) is 16.9 Å². The lowest BCUT2D eigenvalue weighted by atomic mass is 9.81. The van der Waals surface area contributed by atoms with Crippen LogP contribution in [0.5, 0.6) is 5.75 Å². The molecule has 34 heavy (non-hydrogen) atoms. The number of ether oxygens (including phenoxy) is 2. The summed E-state index contributed by atoms with van der Waals surface area (Å²) >= 11 is 0. The molecular weight excluding hydrogens is 460 g/mol. The number of amides is 1. The van der Waals surface area contributed by atoms with E-state index in [2.05, 4.69) is 4.72 Å². The molecule has 2 aromatic rings. The Morgan fingerprint density at radius 1 is 1.12 bits per heavy atom. The van der Waals surface area contributed by atoms with Crippen molar-refractivity contribution in [2.75, 3.05) is 20.3 Å². The van der Waals surface area contributed by atoms with E-state index >= 15 is 0 Å². The average molecular weight is 489 g/mol. The molecule has 0 bridgehead atoms. The van der Waals surface area contributed by atoms with E-state index in [9.17, 15) is 23.1 Å². The summed E-state index contributed by atoms with van der Waals surface area (Å²) in [5.74, 6) is -0.940. The number of hydrogen-bond donors (Lipinski definition) is 2. The quantitative estimate of drug-likeness (QED) is 0.585. The molecule has 1 saturated heterocycles. The molecule has 2 aromatic carbocycles. The molecule has 0 radical (unpaired) electrons. The average Bonchev–Trinajstić information content (AvgIpc) is 3.28. The van der Waals surface area contributed by atoms with Gasteiger partial charge < -0.3 is 19.5 Å². The lowest BCUT2D eigenvalue weighted by Crippen LogP contribution is -2.50. The van der Waals surface area contributed by atoms with Crippen molar-refractivity contribution in [3.63, 3.8) is 0 Å². The van der Waals surface area contributed by atoms with E-state index in [-0.39, 0.29) is 10.9 Å². The molecule has 10 heteroatoms. The maximum atomic E-state index is 13.0. The van der Waals surface area contributed by atoms with E-state index in [0.717, 1.165) is 23.3 Å². The van der Waals surface area contributed by atoms with Crippen LogP contribution in [0.2, 0.25) is 0 Å². The first-order chi connectivity index (χ1) is 16.3. The number of carbonyl (C=O) groups excluding carboxylic acids is 1. The highest BCUT2D eigenvalue weighted by molar-refractivity contribution is 7.89. The Bertz CT molecular complexity index is 1130. The fraction of sp³-hybridized carbons (Fsp3) is 0.417. The Kier molecular flexibility index (Phi) is 7.08. The van der Waals surface area contributed by atoms with Crippen LogP contribution in [0.25, 0.3) is 11.1 Å². The molecule has 1 amide bonds. The second-order valence-electron chi connectivity index (χ2n) is 8.58. The fourth-order valence-corrected chi connectivity index (χ4v) is 5.98. The van der Waals surface area contributed by atoms with Gasteiger partial charge in [0.2, 0.25) is 10.0 Å². The van der Waals surface area contributed by atoms with Crippen molar-refractivity contribution in [1.29, 1.82) is 0 Å². The van der Waals surface area contributed by atoms with Gasteiger partial charge in [0.15, 0.2) is 0 Å². The Morgan fingerprint density at radius 3 is 2.32 bits per heavy atom. The summed E-state index contributed by atoms with van der Waals surface area (Å²) in [4.78, 5) is 25.6. The molecule has 1 heterocycles. The van der Waals surface area contributed by atoms with Crippen LogP contribution in [0.3, 0.4) is 0 Å². The summed E-state index contributed by atoms with van der Waals surface area (Å²) in [5.41, 5.74) is 1.72. The zero-order valence-corrected chi connectivity index (χ0v) is 19.7. The van der Waals surface area contributed by atoms with Gasteiger partial charge in [-0.3, -0.25) is 4.79 Å². The maximum Gasteiger partial charge on any atom is 0.410 e. The van der Waals surface area contributed by atoms with Gasteiger partial charge in [0, 0.05) is 6.04 Å². The molecule has 1 aliphatic heterocycles. The first-order valence-electron chi connectivity index (χ1n) is 11.2. The molecule has 2 N–H and O–H groups in total. The van der Waals surface area contributed by atoms with Crippen LogP contribution in [0.4, 0.5) is 4.79 Å². The molecule has 0 aromatic heterocycles. The normalized spacial score (nSPS) is 21.7. The molecule has 1 saturated carbocycles. The van der Waals surface area contributed by atoms with Crippen molar-refractivity contribution >= 4 is 22.1 Å². The molecule has 2 fully saturated rings. The first kappa shape index (κ1) is 24.0. The van der Waals surface area contributed by atoms with E-state index in [1.165, 1.54) is 12.1 Å². The second kappa shape index (κ2) is 10.0. The highest BCUT2D eigenvalue weighted by atomic mass is 32.2. The van der Waals surface area contributed by atoms with E-state index in [4.69, 9.17) is 9.47 Å². The summed E-state index contributed by atoms with van der Waals surface area (Å²) in [7, 11) is -2.48. The van der Waals surface area contributed by atoms with Crippen molar-refractivity contribution in [3.05, 3.63) is 48.5 Å². The number of sulfonamides is 1. The van der Waals surface area contributed by atoms with Crippen LogP contribution >= 0.6 is 0 Å². The summed E-state index contributed by atoms with van der Waals surface area (Å²) < 4.78 is 38.6. The van der Waals surface area contributed by atoms with Crippen molar-refractivity contribution < 1.29 is 32.6 Å². The van der Waals surface area contributed by atoms with Gasteiger partial charge in [-0.1, -0.05) is 30.7 Å². The lowest BCUT2D eigenvalue weighted by Gasteiger charge is -2.36. The van der Waals surface area contributed by atoms with E-state index in [0.29, 0.717) is 32.4 Å². The molecule has 9 nitrogen and oxygen atoms in total. The van der Waals surface area contributed by atoms with Crippen LogP contribution in [0, 0.1) is 5.92 Å². The van der Waals surface area contributed by atoms with Gasteiger partial charge in [0.1, 0.15) is 18.4 Å². The summed E-state index contributed by atoms with van der Waals surface area (Å²) in [5, 5.41) is 9.83. The third-order valence-corrected chi connectivity index (χ3v) is 7.98. The number of nitrogens with one attached hydrogen (secondary N) is 1. The number of rotatable bonds is 8. The summed E-state index contributed by atoms with van der Waals surface area (Å²) in [6, 6.07) is 12.2. The Hall–Kier alpha value is -3.11. The molecule has 2 unspecified atom stereocenters. The molecule has 0 spiro atoms. The Labute approximate surface area is 198 Å². The van der Waals surface area contributed by atoms with Gasteiger partial charge in [0.25, 0.3) is 0 Å². The third-order valence-electron chi connectivity index (χ3n) is 6.53. The van der Waals surface area contributed by atoms with Crippen LogP contribution < -0.4 is 9.46 Å². The predicted octanol–water partition coefficient (Wildman–Crippen LogP) is 3.10. The minimum absolute atomic E-state index is 0.00788. The molecular formula is C24H28N2O7S. The van der Waals surface area contributed by atoms with Gasteiger partial charge in [-0.25, -0.2) is 13.2 Å². The van der Waals surface area contributed by atoms with Crippen LogP contribution in [0.1, 0.15) is 25.7 Å². The van der Waals surface area contributed by atoms with Crippen LogP contribution in [-0.4, -0.2) is 62.8 Å². The van der Waals surface area contributed by atoms with Gasteiger partial charge in [-0.2, -0.15) is 4.72 Å². The number of methoxy groups -OCH3 is 1. The zero-order chi connectivity index (χ0) is 24.3. The van der Waals surface area contributed by atoms with E-state index < -0.39 is 34.0 Å². The zero-order valence-electron chi connectivity index (χ0n) is 18.8. The molecule has 2 aliphatic rings. The monoisotopic (exact) mass is 488 g/mol. The second-order valence-corrected chi connectivity index (χ2v) is 10.3. The van der Waals surface area contributed by atoms with Gasteiger partial charge in [-0.15, -0.1) is 0 Å². The largest absolute Gasteiger partial charge is 0.497 e. The third kappa shape index (κ3) is 5.18. The number of benzene rings is 2. The van der Waals surface area contributed by atoms with Crippen molar-refractivity contribution in [2.24, 2.45) is 5.92 Å². The number of carboxylic acid groups (broad SMARTS) is 1. The maximum absolute atomic E-state index is 13.0. The number of carbonyl (C=O) groups is 2. The molecule has 182 valence electrons. The highest BCUT2D eigenvalue weighted by Crippen LogP contribution is 2.32. The predicted molar refractivity (Wildman–Crippen MR) is 124 cm³/mol. The minimum Gasteiger partial charge on any atom is -0.497 e. The smallest absolute Gasteiger partial charge is 0.410 e.